The Kier molecular flexibility index (Phi) is 6.06. The zero-order valence-electron chi connectivity index (χ0n) is 15.7. The number of hydrogen-bond donors (Lipinski definition) is 2. The summed E-state index contributed by atoms with van der Waals surface area (Å²) in [5.41, 5.74) is 2.50. The normalized spacial score (nSPS) is 19.4. The fourth-order valence-corrected chi connectivity index (χ4v) is 3.70. The lowest BCUT2D eigenvalue weighted by Crippen LogP contribution is -2.45. The van der Waals surface area contributed by atoms with Gasteiger partial charge in [0.1, 0.15) is 12.1 Å². The Morgan fingerprint density at radius 3 is 2.83 bits per heavy atom. The molecule has 1 saturated heterocycles. The summed E-state index contributed by atoms with van der Waals surface area (Å²) >= 11 is 0. The lowest BCUT2D eigenvalue weighted by molar-refractivity contribution is -0.0505. The molecule has 0 unspecified atom stereocenters. The Morgan fingerprint density at radius 2 is 2.07 bits per heavy atom. The predicted octanol–water partition coefficient (Wildman–Crippen LogP) is 2.85. The smallest absolute Gasteiger partial charge is 0.387 e. The molecule has 2 N–H and O–H groups in total. The SMILES string of the molecule is FC(F)Oc1ccc(-n2cnnn2)cc1CN[C@H]1CCCN[C@H]1c1ccccc1. The van der Waals surface area contributed by atoms with Crippen molar-refractivity contribution < 1.29 is 13.5 Å². The number of nitrogens with one attached hydrogen (secondary N) is 2. The maximum absolute atomic E-state index is 12.9. The molecule has 1 aliphatic rings. The van der Waals surface area contributed by atoms with Crippen molar-refractivity contribution in [2.45, 2.75) is 38.1 Å². The average Bonchev–Trinajstić information content (AvgIpc) is 3.28. The van der Waals surface area contributed by atoms with Crippen LogP contribution in [0, 0.1) is 0 Å². The third-order valence-electron chi connectivity index (χ3n) is 5.05. The van der Waals surface area contributed by atoms with Gasteiger partial charge in [-0.25, -0.2) is 4.68 Å². The van der Waals surface area contributed by atoms with Crippen LogP contribution in [0.4, 0.5) is 8.78 Å². The maximum atomic E-state index is 12.9. The van der Waals surface area contributed by atoms with Gasteiger partial charge in [-0.2, -0.15) is 8.78 Å². The van der Waals surface area contributed by atoms with Gasteiger partial charge in [-0.3, -0.25) is 0 Å². The first-order valence-corrected chi connectivity index (χ1v) is 9.53. The number of alkyl halides is 2. The van der Waals surface area contributed by atoms with Gasteiger partial charge in [0, 0.05) is 24.2 Å². The summed E-state index contributed by atoms with van der Waals surface area (Å²) in [4.78, 5) is 0. The number of nitrogens with zero attached hydrogens (tertiary/aromatic N) is 4. The molecule has 2 aromatic carbocycles. The van der Waals surface area contributed by atoms with Gasteiger partial charge in [0.2, 0.25) is 0 Å². The van der Waals surface area contributed by atoms with E-state index >= 15 is 0 Å². The van der Waals surface area contributed by atoms with E-state index in [1.807, 2.05) is 18.2 Å². The van der Waals surface area contributed by atoms with Gasteiger partial charge in [-0.15, -0.1) is 5.10 Å². The van der Waals surface area contributed by atoms with E-state index < -0.39 is 6.61 Å². The number of halogens is 2. The number of piperidine rings is 1. The third-order valence-corrected chi connectivity index (χ3v) is 5.05. The molecule has 0 aliphatic carbocycles. The van der Waals surface area contributed by atoms with Gasteiger partial charge in [0.25, 0.3) is 0 Å². The number of rotatable bonds is 7. The lowest BCUT2D eigenvalue weighted by Gasteiger charge is -2.34. The molecule has 1 fully saturated rings. The summed E-state index contributed by atoms with van der Waals surface area (Å²) < 4.78 is 31.9. The monoisotopic (exact) mass is 400 g/mol. The highest BCUT2D eigenvalue weighted by molar-refractivity contribution is 5.43. The van der Waals surface area contributed by atoms with Crippen LogP contribution in [0.2, 0.25) is 0 Å². The topological polar surface area (TPSA) is 76.9 Å². The minimum atomic E-state index is -2.89. The van der Waals surface area contributed by atoms with Crippen molar-refractivity contribution in [1.29, 1.82) is 0 Å². The van der Waals surface area contributed by atoms with E-state index in [2.05, 4.69) is 38.3 Å². The standard InChI is InChI=1S/C20H22F2N6O/c21-20(22)29-18-9-8-16(28-13-25-26-27-28)11-15(18)12-24-17-7-4-10-23-19(17)14-5-2-1-3-6-14/h1-3,5-6,8-9,11,13,17,19-20,23-24H,4,7,10,12H2/t17-,19-/m0/s1. The summed E-state index contributed by atoms with van der Waals surface area (Å²) in [6, 6.07) is 15.5. The molecule has 0 saturated carbocycles. The molecule has 29 heavy (non-hydrogen) atoms. The molecule has 3 aromatic rings. The second-order valence-electron chi connectivity index (χ2n) is 6.90. The summed E-state index contributed by atoms with van der Waals surface area (Å²) in [6.45, 7) is -1.55. The molecular formula is C20H22F2N6O. The van der Waals surface area contributed by atoms with Crippen LogP contribution in [0.3, 0.4) is 0 Å². The Balaban J connectivity index is 1.54. The van der Waals surface area contributed by atoms with Gasteiger partial charge in [0.15, 0.2) is 0 Å². The largest absolute Gasteiger partial charge is 0.434 e. The van der Waals surface area contributed by atoms with E-state index in [1.165, 1.54) is 22.6 Å². The Hall–Kier alpha value is -2.91. The molecular weight excluding hydrogens is 378 g/mol. The molecule has 0 amide bonds. The summed E-state index contributed by atoms with van der Waals surface area (Å²) in [5.74, 6) is 0.143. The number of tetrazole rings is 1. The van der Waals surface area contributed by atoms with Crippen LogP contribution < -0.4 is 15.4 Å². The van der Waals surface area contributed by atoms with Crippen molar-refractivity contribution in [2.75, 3.05) is 6.54 Å². The van der Waals surface area contributed by atoms with E-state index in [0.717, 1.165) is 19.4 Å². The quantitative estimate of drug-likeness (QED) is 0.635. The van der Waals surface area contributed by atoms with Crippen LogP contribution in [0.15, 0.2) is 54.9 Å². The highest BCUT2D eigenvalue weighted by Gasteiger charge is 2.26. The molecule has 0 radical (unpaired) electrons. The predicted molar refractivity (Wildman–Crippen MR) is 103 cm³/mol. The summed E-state index contributed by atoms with van der Waals surface area (Å²) in [5, 5.41) is 18.2. The first kappa shape index (κ1) is 19.4. The van der Waals surface area contributed by atoms with Crippen molar-refractivity contribution in [2.24, 2.45) is 0 Å². The van der Waals surface area contributed by atoms with Gasteiger partial charge < -0.3 is 15.4 Å². The van der Waals surface area contributed by atoms with Crippen LogP contribution in [0.5, 0.6) is 5.75 Å². The van der Waals surface area contributed by atoms with E-state index in [-0.39, 0.29) is 17.8 Å². The van der Waals surface area contributed by atoms with Crippen LogP contribution in [0.25, 0.3) is 5.69 Å². The van der Waals surface area contributed by atoms with Gasteiger partial charge in [-0.1, -0.05) is 30.3 Å². The number of aromatic nitrogens is 4. The highest BCUT2D eigenvalue weighted by Crippen LogP contribution is 2.27. The summed E-state index contributed by atoms with van der Waals surface area (Å²) in [7, 11) is 0. The van der Waals surface area contributed by atoms with Crippen molar-refractivity contribution in [3.8, 4) is 11.4 Å². The molecule has 1 aromatic heterocycles. The van der Waals surface area contributed by atoms with Gasteiger partial charge in [0.05, 0.1) is 5.69 Å². The van der Waals surface area contributed by atoms with Crippen molar-refractivity contribution in [3.05, 3.63) is 66.0 Å². The molecule has 2 heterocycles. The molecule has 152 valence electrons. The van der Waals surface area contributed by atoms with E-state index in [9.17, 15) is 8.78 Å². The molecule has 2 atom stereocenters. The number of ether oxygens (including phenoxy) is 1. The van der Waals surface area contributed by atoms with E-state index in [1.54, 1.807) is 12.1 Å². The van der Waals surface area contributed by atoms with Crippen molar-refractivity contribution in [3.63, 3.8) is 0 Å². The zero-order chi connectivity index (χ0) is 20.1. The van der Waals surface area contributed by atoms with Crippen molar-refractivity contribution >= 4 is 0 Å². The lowest BCUT2D eigenvalue weighted by atomic mass is 9.92. The van der Waals surface area contributed by atoms with Gasteiger partial charge in [-0.05, 0) is 53.6 Å². The molecule has 9 heteroatoms. The summed E-state index contributed by atoms with van der Waals surface area (Å²) in [6.07, 6.45) is 3.49. The highest BCUT2D eigenvalue weighted by atomic mass is 19.3. The Bertz CT molecular complexity index is 907. The Morgan fingerprint density at radius 1 is 1.21 bits per heavy atom. The molecule has 1 aliphatic heterocycles. The number of hydrogen-bond acceptors (Lipinski definition) is 6. The average molecular weight is 400 g/mol. The minimum Gasteiger partial charge on any atom is -0.434 e. The molecule has 0 spiro atoms. The molecule has 4 rings (SSSR count). The third kappa shape index (κ3) is 4.75. The first-order chi connectivity index (χ1) is 14.2. The van der Waals surface area contributed by atoms with Crippen LogP contribution in [0.1, 0.15) is 30.0 Å². The van der Waals surface area contributed by atoms with Crippen LogP contribution in [-0.2, 0) is 6.54 Å². The molecule has 7 nitrogen and oxygen atoms in total. The Labute approximate surface area is 167 Å². The first-order valence-electron chi connectivity index (χ1n) is 9.53. The minimum absolute atomic E-state index is 0.143. The second-order valence-corrected chi connectivity index (χ2v) is 6.90. The zero-order valence-corrected chi connectivity index (χ0v) is 15.7. The van der Waals surface area contributed by atoms with Crippen LogP contribution in [-0.4, -0.2) is 39.4 Å². The van der Waals surface area contributed by atoms with E-state index in [0.29, 0.717) is 17.8 Å². The van der Waals surface area contributed by atoms with Crippen LogP contribution >= 0.6 is 0 Å². The fourth-order valence-electron chi connectivity index (χ4n) is 3.70. The molecule has 0 bridgehead atoms. The van der Waals surface area contributed by atoms with Gasteiger partial charge >= 0.3 is 6.61 Å². The maximum Gasteiger partial charge on any atom is 0.387 e. The van der Waals surface area contributed by atoms with E-state index in [4.69, 9.17) is 4.74 Å². The number of benzene rings is 2. The second kappa shape index (κ2) is 9.06. The fraction of sp³-hybridized carbons (Fsp3) is 0.350. The van der Waals surface area contributed by atoms with Crippen molar-refractivity contribution in [1.82, 2.24) is 30.8 Å².